The monoisotopic (exact) mass is 284 g/mol. The molecule has 0 unspecified atom stereocenters. The Labute approximate surface area is 124 Å². The van der Waals surface area contributed by atoms with E-state index in [9.17, 15) is 0 Å². The number of nitrogens with one attached hydrogen (secondary N) is 1. The predicted molar refractivity (Wildman–Crippen MR) is 82.1 cm³/mol. The smallest absolute Gasteiger partial charge is 0.246 e. The number of aryl methyl sites for hydroxylation is 1. The summed E-state index contributed by atoms with van der Waals surface area (Å²) in [6.07, 6.45) is 2.87. The molecule has 0 aliphatic rings. The van der Waals surface area contributed by atoms with E-state index in [1.807, 2.05) is 6.92 Å². The standard InChI is InChI=1S/C16H20N4O/c1-3-15-18-16(21-19-15)11-20-9-8-13-12(10-17-4-2)6-5-7-14(13)20/h5-9,17H,3-4,10-11H2,1-2H3. The number of nitrogens with zero attached hydrogens (tertiary/aromatic N) is 3. The van der Waals surface area contributed by atoms with E-state index in [0.717, 1.165) is 25.3 Å². The molecule has 0 saturated carbocycles. The van der Waals surface area contributed by atoms with E-state index < -0.39 is 0 Å². The molecule has 1 aromatic carbocycles. The summed E-state index contributed by atoms with van der Waals surface area (Å²) < 4.78 is 7.43. The van der Waals surface area contributed by atoms with Gasteiger partial charge >= 0.3 is 0 Å². The second-order valence-electron chi connectivity index (χ2n) is 5.03. The Morgan fingerprint density at radius 3 is 2.90 bits per heavy atom. The van der Waals surface area contributed by atoms with E-state index in [0.29, 0.717) is 12.4 Å². The molecule has 0 saturated heterocycles. The van der Waals surface area contributed by atoms with Crippen LogP contribution in [0.1, 0.15) is 31.1 Å². The number of aromatic nitrogens is 3. The van der Waals surface area contributed by atoms with Crippen LogP contribution in [0.4, 0.5) is 0 Å². The van der Waals surface area contributed by atoms with Crippen LogP contribution >= 0.6 is 0 Å². The molecule has 5 heteroatoms. The molecular weight excluding hydrogens is 264 g/mol. The summed E-state index contributed by atoms with van der Waals surface area (Å²) in [5.41, 5.74) is 2.51. The van der Waals surface area contributed by atoms with E-state index in [1.54, 1.807) is 0 Å². The third-order valence-corrected chi connectivity index (χ3v) is 3.60. The van der Waals surface area contributed by atoms with Gasteiger partial charge in [-0.05, 0) is 24.2 Å². The lowest BCUT2D eigenvalue weighted by Gasteiger charge is -2.06. The molecule has 2 aromatic heterocycles. The quantitative estimate of drug-likeness (QED) is 0.756. The molecule has 0 atom stereocenters. The largest absolute Gasteiger partial charge is 0.338 e. The number of hydrogen-bond acceptors (Lipinski definition) is 4. The molecule has 2 heterocycles. The maximum absolute atomic E-state index is 5.28. The first kappa shape index (κ1) is 13.8. The highest BCUT2D eigenvalue weighted by Gasteiger charge is 2.09. The highest BCUT2D eigenvalue weighted by molar-refractivity contribution is 5.83. The molecule has 0 spiro atoms. The summed E-state index contributed by atoms with van der Waals surface area (Å²) in [6.45, 7) is 6.61. The van der Waals surface area contributed by atoms with Gasteiger partial charge in [-0.15, -0.1) is 0 Å². The van der Waals surface area contributed by atoms with Gasteiger partial charge in [0.15, 0.2) is 5.82 Å². The lowest BCUT2D eigenvalue weighted by Crippen LogP contribution is -2.11. The van der Waals surface area contributed by atoms with Crippen LogP contribution in [-0.2, 0) is 19.5 Å². The average molecular weight is 284 g/mol. The fourth-order valence-electron chi connectivity index (χ4n) is 2.48. The van der Waals surface area contributed by atoms with Gasteiger partial charge in [-0.3, -0.25) is 0 Å². The Kier molecular flexibility index (Phi) is 4.01. The summed E-state index contributed by atoms with van der Waals surface area (Å²) in [5, 5.41) is 8.59. The van der Waals surface area contributed by atoms with Crippen LogP contribution in [0.3, 0.4) is 0 Å². The molecule has 0 aliphatic heterocycles. The van der Waals surface area contributed by atoms with E-state index in [1.165, 1.54) is 16.5 Å². The fourth-order valence-corrected chi connectivity index (χ4v) is 2.48. The van der Waals surface area contributed by atoms with Gasteiger partial charge < -0.3 is 14.4 Å². The van der Waals surface area contributed by atoms with Gasteiger partial charge in [-0.25, -0.2) is 0 Å². The van der Waals surface area contributed by atoms with Crippen molar-refractivity contribution in [3.05, 3.63) is 47.7 Å². The highest BCUT2D eigenvalue weighted by atomic mass is 16.5. The van der Waals surface area contributed by atoms with Gasteiger partial charge in [0.05, 0.1) is 0 Å². The summed E-state index contributed by atoms with van der Waals surface area (Å²) in [5.74, 6) is 1.41. The summed E-state index contributed by atoms with van der Waals surface area (Å²) >= 11 is 0. The first-order chi connectivity index (χ1) is 10.3. The minimum atomic E-state index is 0.612. The number of hydrogen-bond donors (Lipinski definition) is 1. The van der Waals surface area contributed by atoms with Crippen LogP contribution in [0.15, 0.2) is 35.0 Å². The minimum Gasteiger partial charge on any atom is -0.338 e. The van der Waals surface area contributed by atoms with Crippen molar-refractivity contribution in [2.75, 3.05) is 6.54 Å². The fraction of sp³-hybridized carbons (Fsp3) is 0.375. The molecule has 21 heavy (non-hydrogen) atoms. The van der Waals surface area contributed by atoms with E-state index in [4.69, 9.17) is 4.52 Å². The molecule has 1 N–H and O–H groups in total. The zero-order valence-corrected chi connectivity index (χ0v) is 12.5. The normalized spacial score (nSPS) is 11.3. The van der Waals surface area contributed by atoms with Crippen molar-refractivity contribution in [1.82, 2.24) is 20.0 Å². The van der Waals surface area contributed by atoms with Crippen LogP contribution in [0.2, 0.25) is 0 Å². The van der Waals surface area contributed by atoms with Crippen molar-refractivity contribution in [1.29, 1.82) is 0 Å². The number of benzene rings is 1. The Balaban J connectivity index is 1.89. The number of fused-ring (bicyclic) bond motifs is 1. The average Bonchev–Trinajstić information content (AvgIpc) is 3.13. The lowest BCUT2D eigenvalue weighted by atomic mass is 10.1. The topological polar surface area (TPSA) is 55.9 Å². The molecule has 0 fully saturated rings. The van der Waals surface area contributed by atoms with Gasteiger partial charge in [0.2, 0.25) is 5.89 Å². The second kappa shape index (κ2) is 6.10. The first-order valence-corrected chi connectivity index (χ1v) is 7.40. The van der Waals surface area contributed by atoms with Crippen LogP contribution in [0.25, 0.3) is 10.9 Å². The van der Waals surface area contributed by atoms with Crippen molar-refractivity contribution >= 4 is 10.9 Å². The molecule has 0 aliphatic carbocycles. The third kappa shape index (κ3) is 2.83. The van der Waals surface area contributed by atoms with Crippen LogP contribution < -0.4 is 5.32 Å². The molecule has 0 radical (unpaired) electrons. The Morgan fingerprint density at radius 2 is 2.14 bits per heavy atom. The maximum Gasteiger partial charge on any atom is 0.246 e. The highest BCUT2D eigenvalue weighted by Crippen LogP contribution is 2.21. The van der Waals surface area contributed by atoms with Gasteiger partial charge in [0.25, 0.3) is 0 Å². The zero-order valence-electron chi connectivity index (χ0n) is 12.5. The molecule has 0 bridgehead atoms. The van der Waals surface area contributed by atoms with Crippen LogP contribution in [0, 0.1) is 0 Å². The molecule has 3 aromatic rings. The first-order valence-electron chi connectivity index (χ1n) is 7.40. The van der Waals surface area contributed by atoms with Crippen molar-refractivity contribution in [3.63, 3.8) is 0 Å². The maximum atomic E-state index is 5.28. The van der Waals surface area contributed by atoms with Crippen LogP contribution in [-0.4, -0.2) is 21.3 Å². The molecular formula is C16H20N4O. The SMILES string of the molecule is CCNCc1cccc2c1ccn2Cc1nc(CC)no1. The Hall–Kier alpha value is -2.14. The molecule has 5 nitrogen and oxygen atoms in total. The summed E-state index contributed by atoms with van der Waals surface area (Å²) in [6, 6.07) is 8.54. The van der Waals surface area contributed by atoms with E-state index in [-0.39, 0.29) is 0 Å². The van der Waals surface area contributed by atoms with E-state index >= 15 is 0 Å². The van der Waals surface area contributed by atoms with E-state index in [2.05, 4.69) is 57.4 Å². The van der Waals surface area contributed by atoms with Crippen molar-refractivity contribution < 1.29 is 4.52 Å². The van der Waals surface area contributed by atoms with Crippen molar-refractivity contribution in [2.24, 2.45) is 0 Å². The van der Waals surface area contributed by atoms with Gasteiger partial charge in [0, 0.05) is 30.1 Å². The molecule has 0 amide bonds. The predicted octanol–water partition coefficient (Wildman–Crippen LogP) is 2.74. The van der Waals surface area contributed by atoms with Crippen molar-refractivity contribution in [3.8, 4) is 0 Å². The molecule has 3 rings (SSSR count). The zero-order chi connectivity index (χ0) is 14.7. The Bertz CT molecular complexity index is 729. The second-order valence-corrected chi connectivity index (χ2v) is 5.03. The Morgan fingerprint density at radius 1 is 1.24 bits per heavy atom. The lowest BCUT2D eigenvalue weighted by molar-refractivity contribution is 0.368. The summed E-state index contributed by atoms with van der Waals surface area (Å²) in [7, 11) is 0. The third-order valence-electron chi connectivity index (χ3n) is 3.60. The minimum absolute atomic E-state index is 0.612. The molecule has 110 valence electrons. The van der Waals surface area contributed by atoms with Gasteiger partial charge in [-0.2, -0.15) is 4.98 Å². The van der Waals surface area contributed by atoms with Crippen molar-refractivity contribution in [2.45, 2.75) is 33.4 Å². The number of rotatable bonds is 6. The van der Waals surface area contributed by atoms with Crippen LogP contribution in [0.5, 0.6) is 0 Å². The van der Waals surface area contributed by atoms with Gasteiger partial charge in [0.1, 0.15) is 6.54 Å². The summed E-state index contributed by atoms with van der Waals surface area (Å²) in [4.78, 5) is 4.37. The van der Waals surface area contributed by atoms with Gasteiger partial charge in [-0.1, -0.05) is 31.1 Å².